The lowest BCUT2D eigenvalue weighted by Crippen LogP contribution is -2.61. The predicted molar refractivity (Wildman–Crippen MR) is 50.3 cm³/mol. The van der Waals surface area contributed by atoms with Crippen molar-refractivity contribution in [3.05, 3.63) is 0 Å². The molecule has 1 fully saturated rings. The molecular weight excluding hydrogens is 168 g/mol. The lowest BCUT2D eigenvalue weighted by atomic mass is 9.79. The van der Waals surface area contributed by atoms with Gasteiger partial charge in [0.15, 0.2) is 0 Å². The summed E-state index contributed by atoms with van der Waals surface area (Å²) in [7, 11) is 0. The maximum Gasteiger partial charge on any atom is 0.408 e. The summed E-state index contributed by atoms with van der Waals surface area (Å²) in [5.41, 5.74) is 5.22. The van der Waals surface area contributed by atoms with Crippen LogP contribution >= 0.6 is 0 Å². The highest BCUT2D eigenvalue weighted by atomic mass is 16.4. The van der Waals surface area contributed by atoms with Crippen LogP contribution in [0.3, 0.4) is 0 Å². The van der Waals surface area contributed by atoms with Crippen LogP contribution in [0, 0.1) is 5.41 Å². The third kappa shape index (κ3) is 1.50. The van der Waals surface area contributed by atoms with E-state index in [2.05, 4.69) is 0 Å². The van der Waals surface area contributed by atoms with Crippen LogP contribution in [0.5, 0.6) is 0 Å². The lowest BCUT2D eigenvalue weighted by Gasteiger charge is -2.43. The monoisotopic (exact) mass is 186 g/mol. The van der Waals surface area contributed by atoms with Crippen molar-refractivity contribution in [3.8, 4) is 0 Å². The summed E-state index contributed by atoms with van der Waals surface area (Å²) < 4.78 is 0. The van der Waals surface area contributed by atoms with Gasteiger partial charge in [0.05, 0.1) is 5.66 Å². The fourth-order valence-electron chi connectivity index (χ4n) is 1.89. The first-order valence-corrected chi connectivity index (χ1v) is 4.58. The van der Waals surface area contributed by atoms with Crippen LogP contribution in [-0.4, -0.2) is 28.3 Å². The van der Waals surface area contributed by atoms with Crippen LogP contribution in [0.25, 0.3) is 0 Å². The summed E-state index contributed by atoms with van der Waals surface area (Å²) in [4.78, 5) is 12.3. The van der Waals surface area contributed by atoms with Gasteiger partial charge in [-0.05, 0) is 18.3 Å². The van der Waals surface area contributed by atoms with E-state index < -0.39 is 11.8 Å². The van der Waals surface area contributed by atoms with E-state index in [0.29, 0.717) is 6.54 Å². The molecule has 13 heavy (non-hydrogen) atoms. The van der Waals surface area contributed by atoms with Gasteiger partial charge in [0.25, 0.3) is 0 Å². The van der Waals surface area contributed by atoms with Gasteiger partial charge in [-0.2, -0.15) is 0 Å². The molecule has 0 saturated carbocycles. The minimum Gasteiger partial charge on any atom is -0.465 e. The Labute approximate surface area is 78.7 Å². The molecule has 1 saturated heterocycles. The molecule has 76 valence electrons. The number of hydrogen-bond acceptors (Lipinski definition) is 2. The van der Waals surface area contributed by atoms with Gasteiger partial charge in [-0.25, -0.2) is 4.79 Å². The first-order valence-electron chi connectivity index (χ1n) is 4.58. The number of hydrogen-bond donors (Lipinski definition) is 2. The average molecular weight is 186 g/mol. The molecular formula is C9H18N2O2. The SMILES string of the molecule is CC(C)(C)[C@@]1(N)CCCN1C(=O)O. The van der Waals surface area contributed by atoms with E-state index in [1.165, 1.54) is 4.90 Å². The van der Waals surface area contributed by atoms with Crippen LogP contribution in [0.4, 0.5) is 4.79 Å². The second kappa shape index (κ2) is 2.87. The van der Waals surface area contributed by atoms with E-state index in [1.807, 2.05) is 20.8 Å². The summed E-state index contributed by atoms with van der Waals surface area (Å²) in [6, 6.07) is 0. The molecule has 1 aliphatic heterocycles. The highest BCUT2D eigenvalue weighted by Gasteiger charge is 2.48. The average Bonchev–Trinajstić information content (AvgIpc) is 2.30. The third-order valence-corrected chi connectivity index (χ3v) is 2.95. The maximum absolute atomic E-state index is 10.9. The molecule has 3 N–H and O–H groups in total. The molecule has 1 rings (SSSR count). The van der Waals surface area contributed by atoms with Crippen molar-refractivity contribution in [3.63, 3.8) is 0 Å². The van der Waals surface area contributed by atoms with Crippen molar-refractivity contribution in [1.29, 1.82) is 0 Å². The normalized spacial score (nSPS) is 29.4. The fourth-order valence-corrected chi connectivity index (χ4v) is 1.89. The summed E-state index contributed by atoms with van der Waals surface area (Å²) in [6.45, 7) is 6.50. The number of carboxylic acid groups (broad SMARTS) is 1. The zero-order valence-electron chi connectivity index (χ0n) is 8.50. The molecule has 1 aliphatic rings. The van der Waals surface area contributed by atoms with Gasteiger partial charge >= 0.3 is 6.09 Å². The zero-order valence-corrected chi connectivity index (χ0v) is 8.50. The Kier molecular flexibility index (Phi) is 2.28. The first kappa shape index (κ1) is 10.3. The molecule has 0 aromatic carbocycles. The molecule has 0 unspecified atom stereocenters. The van der Waals surface area contributed by atoms with Crippen LogP contribution in [0.15, 0.2) is 0 Å². The van der Waals surface area contributed by atoms with E-state index in [4.69, 9.17) is 10.8 Å². The standard InChI is InChI=1S/C9H18N2O2/c1-8(2,3)9(10)5-4-6-11(9)7(12)13/h4-6,10H2,1-3H3,(H,12,13)/t9-/m1/s1. The second-order valence-electron chi connectivity index (χ2n) is 4.71. The second-order valence-corrected chi connectivity index (χ2v) is 4.71. The Balaban J connectivity index is 2.95. The van der Waals surface area contributed by atoms with Gasteiger partial charge in [-0.3, -0.25) is 4.90 Å². The minimum absolute atomic E-state index is 0.206. The van der Waals surface area contributed by atoms with Gasteiger partial charge in [-0.15, -0.1) is 0 Å². The first-order chi connectivity index (χ1) is 5.79. The van der Waals surface area contributed by atoms with E-state index in [1.54, 1.807) is 0 Å². The molecule has 4 nitrogen and oxygen atoms in total. The molecule has 0 aliphatic carbocycles. The zero-order chi connectivity index (χ0) is 10.3. The smallest absolute Gasteiger partial charge is 0.408 e. The number of rotatable bonds is 0. The van der Waals surface area contributed by atoms with E-state index >= 15 is 0 Å². The molecule has 4 heteroatoms. The van der Waals surface area contributed by atoms with Gasteiger partial charge in [0.1, 0.15) is 0 Å². The fraction of sp³-hybridized carbons (Fsp3) is 0.889. The van der Waals surface area contributed by atoms with Crippen LogP contribution in [0.1, 0.15) is 33.6 Å². The number of nitrogens with zero attached hydrogens (tertiary/aromatic N) is 1. The Hall–Kier alpha value is -0.770. The van der Waals surface area contributed by atoms with Gasteiger partial charge in [-0.1, -0.05) is 20.8 Å². The number of likely N-dealkylation sites (tertiary alicyclic amines) is 1. The molecule has 0 radical (unpaired) electrons. The number of carbonyl (C=O) groups is 1. The van der Waals surface area contributed by atoms with Crippen LogP contribution in [0.2, 0.25) is 0 Å². The van der Waals surface area contributed by atoms with E-state index in [0.717, 1.165) is 12.8 Å². The minimum atomic E-state index is -0.907. The van der Waals surface area contributed by atoms with Crippen LogP contribution < -0.4 is 5.73 Å². The quantitative estimate of drug-likeness (QED) is 0.602. The van der Waals surface area contributed by atoms with E-state index in [-0.39, 0.29) is 5.41 Å². The highest BCUT2D eigenvalue weighted by molar-refractivity contribution is 5.66. The van der Waals surface area contributed by atoms with Crippen molar-refractivity contribution in [2.24, 2.45) is 11.1 Å². The molecule has 1 heterocycles. The van der Waals surface area contributed by atoms with Crippen LogP contribution in [-0.2, 0) is 0 Å². The van der Waals surface area contributed by atoms with Gasteiger partial charge < -0.3 is 10.8 Å². The summed E-state index contributed by atoms with van der Waals surface area (Å²) in [5.74, 6) is 0. The lowest BCUT2D eigenvalue weighted by molar-refractivity contribution is 0.0354. The van der Waals surface area contributed by atoms with Crippen molar-refractivity contribution in [1.82, 2.24) is 4.90 Å². The number of amides is 1. The van der Waals surface area contributed by atoms with Gasteiger partial charge in [0.2, 0.25) is 0 Å². The largest absolute Gasteiger partial charge is 0.465 e. The molecule has 0 aromatic heterocycles. The summed E-state index contributed by atoms with van der Waals surface area (Å²) in [5, 5.41) is 8.96. The Bertz CT molecular complexity index is 222. The molecule has 1 atom stereocenters. The molecule has 0 aromatic rings. The van der Waals surface area contributed by atoms with E-state index in [9.17, 15) is 4.79 Å². The van der Waals surface area contributed by atoms with Crippen molar-refractivity contribution in [2.45, 2.75) is 39.3 Å². The number of nitrogens with two attached hydrogens (primary N) is 1. The van der Waals surface area contributed by atoms with Crippen molar-refractivity contribution in [2.75, 3.05) is 6.54 Å². The maximum atomic E-state index is 10.9. The summed E-state index contributed by atoms with van der Waals surface area (Å²) in [6.07, 6.45) is 0.706. The Morgan fingerprint density at radius 1 is 1.54 bits per heavy atom. The summed E-state index contributed by atoms with van der Waals surface area (Å²) >= 11 is 0. The topological polar surface area (TPSA) is 66.6 Å². The predicted octanol–water partition coefficient (Wildman–Crippen LogP) is 1.46. The molecule has 0 bridgehead atoms. The highest BCUT2D eigenvalue weighted by Crippen LogP contribution is 2.39. The van der Waals surface area contributed by atoms with Crippen molar-refractivity contribution >= 4 is 6.09 Å². The molecule has 1 amide bonds. The Morgan fingerprint density at radius 2 is 2.08 bits per heavy atom. The van der Waals surface area contributed by atoms with Crippen molar-refractivity contribution < 1.29 is 9.90 Å². The third-order valence-electron chi connectivity index (χ3n) is 2.95. The Morgan fingerprint density at radius 3 is 2.38 bits per heavy atom. The van der Waals surface area contributed by atoms with Gasteiger partial charge in [0, 0.05) is 6.54 Å². The molecule has 0 spiro atoms.